The number of carbonyl (C=O) groups excluding carboxylic acids is 1. The molecule has 148 valence electrons. The molecule has 0 spiro atoms. The average molecular weight is 380 g/mol. The van der Waals surface area contributed by atoms with E-state index in [1.54, 1.807) is 32.4 Å². The van der Waals surface area contributed by atoms with Crippen LogP contribution in [0.4, 0.5) is 0 Å². The van der Waals surface area contributed by atoms with Gasteiger partial charge < -0.3 is 14.8 Å². The molecule has 1 unspecified atom stereocenters. The minimum atomic E-state index is -0.100. The van der Waals surface area contributed by atoms with Gasteiger partial charge in [0.05, 0.1) is 14.2 Å². The largest absolute Gasteiger partial charge is 0.497 e. The van der Waals surface area contributed by atoms with E-state index < -0.39 is 0 Å². The lowest BCUT2D eigenvalue weighted by Crippen LogP contribution is -2.38. The van der Waals surface area contributed by atoms with Gasteiger partial charge >= 0.3 is 0 Å². The number of amides is 1. The van der Waals surface area contributed by atoms with Crippen LogP contribution in [0.15, 0.2) is 54.6 Å². The van der Waals surface area contributed by atoms with E-state index in [-0.39, 0.29) is 11.9 Å². The number of hydrogen-bond acceptors (Lipinski definition) is 4. The van der Waals surface area contributed by atoms with E-state index in [4.69, 9.17) is 9.47 Å². The van der Waals surface area contributed by atoms with Crippen LogP contribution in [0.5, 0.6) is 11.5 Å². The molecule has 1 heterocycles. The highest BCUT2D eigenvalue weighted by Gasteiger charge is 2.26. The molecule has 2 atom stereocenters. The molecule has 1 fully saturated rings. The van der Waals surface area contributed by atoms with Gasteiger partial charge in [-0.3, -0.25) is 9.69 Å². The van der Waals surface area contributed by atoms with Crippen LogP contribution in [0.2, 0.25) is 0 Å². The first kappa shape index (κ1) is 20.0. The first-order valence-electron chi connectivity index (χ1n) is 9.60. The first-order chi connectivity index (χ1) is 13.6. The fourth-order valence-electron chi connectivity index (χ4n) is 3.42. The number of nitrogens with one attached hydrogen (secondary N) is 1. The van der Waals surface area contributed by atoms with Gasteiger partial charge in [0.15, 0.2) is 0 Å². The number of methoxy groups -OCH3 is 2. The predicted octanol–water partition coefficient (Wildman–Crippen LogP) is 3.61. The van der Waals surface area contributed by atoms with Gasteiger partial charge in [0.2, 0.25) is 0 Å². The van der Waals surface area contributed by atoms with Crippen molar-refractivity contribution >= 4 is 12.0 Å². The third-order valence-electron chi connectivity index (χ3n) is 5.11. The molecule has 2 aromatic rings. The Labute approximate surface area is 167 Å². The number of likely N-dealkylation sites (tertiary alicyclic amines) is 1. The molecule has 0 aromatic heterocycles. The Hall–Kier alpha value is -2.79. The molecular weight excluding hydrogens is 352 g/mol. The minimum Gasteiger partial charge on any atom is -0.497 e. The second kappa shape index (κ2) is 9.42. The smallest absolute Gasteiger partial charge is 0.251 e. The molecule has 28 heavy (non-hydrogen) atoms. The van der Waals surface area contributed by atoms with Crippen molar-refractivity contribution in [3.63, 3.8) is 0 Å². The monoisotopic (exact) mass is 380 g/mol. The number of rotatable bonds is 7. The molecule has 2 aromatic carbocycles. The number of benzene rings is 2. The summed E-state index contributed by atoms with van der Waals surface area (Å²) in [6.45, 7) is 4.00. The van der Waals surface area contributed by atoms with E-state index in [9.17, 15) is 4.79 Å². The molecule has 1 N–H and O–H groups in total. The summed E-state index contributed by atoms with van der Waals surface area (Å²) in [6, 6.07) is 16.0. The quantitative estimate of drug-likeness (QED) is 0.797. The van der Waals surface area contributed by atoms with Gasteiger partial charge in [-0.1, -0.05) is 42.5 Å². The van der Waals surface area contributed by atoms with Gasteiger partial charge in [0, 0.05) is 36.8 Å². The van der Waals surface area contributed by atoms with E-state index in [0.29, 0.717) is 23.1 Å². The van der Waals surface area contributed by atoms with Crippen molar-refractivity contribution in [2.75, 3.05) is 27.3 Å². The Morgan fingerprint density at radius 1 is 1.14 bits per heavy atom. The average Bonchev–Trinajstić information content (AvgIpc) is 3.20. The van der Waals surface area contributed by atoms with Gasteiger partial charge in [0.1, 0.15) is 11.5 Å². The zero-order chi connectivity index (χ0) is 19.9. The number of carbonyl (C=O) groups is 1. The van der Waals surface area contributed by atoms with Crippen LogP contribution in [0.3, 0.4) is 0 Å². The fraction of sp³-hybridized carbons (Fsp3) is 0.348. The molecule has 1 aliphatic rings. The summed E-state index contributed by atoms with van der Waals surface area (Å²) in [5.41, 5.74) is 1.75. The van der Waals surface area contributed by atoms with Crippen molar-refractivity contribution in [3.05, 3.63) is 65.7 Å². The van der Waals surface area contributed by atoms with Crippen molar-refractivity contribution < 1.29 is 14.3 Å². The minimum absolute atomic E-state index is 0.100. The fourth-order valence-corrected chi connectivity index (χ4v) is 3.42. The second-order valence-electron chi connectivity index (χ2n) is 7.07. The molecular formula is C23H28N2O3. The number of nitrogens with zero attached hydrogens (tertiary/aromatic N) is 1. The Kier molecular flexibility index (Phi) is 6.71. The third kappa shape index (κ3) is 5.14. The van der Waals surface area contributed by atoms with E-state index in [1.807, 2.05) is 18.2 Å². The van der Waals surface area contributed by atoms with Gasteiger partial charge in [0.25, 0.3) is 5.91 Å². The van der Waals surface area contributed by atoms with Crippen molar-refractivity contribution in [2.24, 2.45) is 0 Å². The maximum Gasteiger partial charge on any atom is 0.251 e. The van der Waals surface area contributed by atoms with Crippen LogP contribution in [0.25, 0.3) is 6.08 Å². The maximum absolute atomic E-state index is 12.7. The molecule has 0 bridgehead atoms. The molecule has 5 heteroatoms. The molecule has 3 rings (SSSR count). The highest BCUT2D eigenvalue weighted by atomic mass is 16.5. The summed E-state index contributed by atoms with van der Waals surface area (Å²) in [7, 11) is 3.16. The Morgan fingerprint density at radius 2 is 1.82 bits per heavy atom. The van der Waals surface area contributed by atoms with Crippen LogP contribution < -0.4 is 14.8 Å². The zero-order valence-corrected chi connectivity index (χ0v) is 16.7. The van der Waals surface area contributed by atoms with E-state index in [0.717, 1.165) is 19.5 Å². The predicted molar refractivity (Wildman–Crippen MR) is 112 cm³/mol. The third-order valence-corrected chi connectivity index (χ3v) is 5.11. The summed E-state index contributed by atoms with van der Waals surface area (Å²) in [4.78, 5) is 15.1. The van der Waals surface area contributed by atoms with Crippen LogP contribution in [-0.2, 0) is 0 Å². The van der Waals surface area contributed by atoms with Gasteiger partial charge in [-0.2, -0.15) is 0 Å². The Morgan fingerprint density at radius 3 is 2.46 bits per heavy atom. The first-order valence-corrected chi connectivity index (χ1v) is 9.60. The van der Waals surface area contributed by atoms with E-state index in [2.05, 4.69) is 41.4 Å². The zero-order valence-electron chi connectivity index (χ0n) is 16.7. The number of ether oxygens (including phenoxy) is 2. The Balaban J connectivity index is 1.57. The van der Waals surface area contributed by atoms with Gasteiger partial charge in [-0.25, -0.2) is 0 Å². The molecule has 1 amide bonds. The Bertz CT molecular complexity index is 798. The summed E-state index contributed by atoms with van der Waals surface area (Å²) in [5, 5.41) is 3.14. The summed E-state index contributed by atoms with van der Waals surface area (Å²) in [5.74, 6) is 1.12. The topological polar surface area (TPSA) is 50.8 Å². The van der Waals surface area contributed by atoms with Gasteiger partial charge in [-0.05, 0) is 31.0 Å². The standard InChI is InChI=1S/C23H28N2O3/c1-17(9-10-18-7-5-4-6-8-18)25-12-11-20(16-25)24-23(26)19-13-21(27-2)15-22(14-19)28-3/h4-10,13-15,17,20H,11-12,16H2,1-3H3,(H,24,26)/b10-9+/t17?,20-/m1/s1. The second-order valence-corrected chi connectivity index (χ2v) is 7.07. The highest BCUT2D eigenvalue weighted by molar-refractivity contribution is 5.95. The maximum atomic E-state index is 12.7. The van der Waals surface area contributed by atoms with Crippen LogP contribution in [0, 0.1) is 0 Å². The molecule has 0 saturated carbocycles. The van der Waals surface area contributed by atoms with Crippen molar-refractivity contribution in [1.29, 1.82) is 0 Å². The SMILES string of the molecule is COc1cc(OC)cc(C(=O)N[C@@H]2CCN(C(C)/C=C/c3ccccc3)C2)c1. The lowest BCUT2D eigenvalue weighted by Gasteiger charge is -2.21. The number of hydrogen-bond donors (Lipinski definition) is 1. The normalized spacial score (nSPS) is 18.2. The molecule has 1 saturated heterocycles. The van der Waals surface area contributed by atoms with Crippen LogP contribution in [0.1, 0.15) is 29.3 Å². The van der Waals surface area contributed by atoms with Crippen molar-refractivity contribution in [3.8, 4) is 11.5 Å². The molecule has 5 nitrogen and oxygen atoms in total. The molecule has 0 aliphatic carbocycles. The summed E-state index contributed by atoms with van der Waals surface area (Å²) in [6.07, 6.45) is 5.31. The van der Waals surface area contributed by atoms with E-state index >= 15 is 0 Å². The van der Waals surface area contributed by atoms with Crippen molar-refractivity contribution in [1.82, 2.24) is 10.2 Å². The van der Waals surface area contributed by atoms with E-state index in [1.165, 1.54) is 5.56 Å². The van der Waals surface area contributed by atoms with Gasteiger partial charge in [-0.15, -0.1) is 0 Å². The molecule has 0 radical (unpaired) electrons. The molecule has 1 aliphatic heterocycles. The lowest BCUT2D eigenvalue weighted by molar-refractivity contribution is 0.0936. The van der Waals surface area contributed by atoms with Crippen LogP contribution >= 0.6 is 0 Å². The highest BCUT2D eigenvalue weighted by Crippen LogP contribution is 2.23. The van der Waals surface area contributed by atoms with Crippen molar-refractivity contribution in [2.45, 2.75) is 25.4 Å². The summed E-state index contributed by atoms with van der Waals surface area (Å²) < 4.78 is 10.5. The summed E-state index contributed by atoms with van der Waals surface area (Å²) >= 11 is 0. The lowest BCUT2D eigenvalue weighted by atomic mass is 10.1. The van der Waals surface area contributed by atoms with Crippen LogP contribution in [-0.4, -0.2) is 50.2 Å².